The van der Waals surface area contributed by atoms with Gasteiger partial charge in [-0.3, -0.25) is 14.4 Å². The van der Waals surface area contributed by atoms with Crippen molar-refractivity contribution in [3.05, 3.63) is 240 Å². The van der Waals surface area contributed by atoms with Crippen LogP contribution in [0.1, 0.15) is 325 Å². The summed E-state index contributed by atoms with van der Waals surface area (Å²) in [4.78, 5) is 66.7. The summed E-state index contributed by atoms with van der Waals surface area (Å²) in [5.74, 6) is -4.03. The molecule has 6 saturated carbocycles. The van der Waals surface area contributed by atoms with E-state index in [0.717, 1.165) is 115 Å². The number of halogens is 15. The lowest BCUT2D eigenvalue weighted by Gasteiger charge is -2.34. The summed E-state index contributed by atoms with van der Waals surface area (Å²) in [6.45, 7) is 0. The third-order valence-corrected chi connectivity index (χ3v) is 33.8. The Bertz CT molecular complexity index is 6190. The average Bonchev–Trinajstić information content (AvgIpc) is 1.62. The maximum atomic E-state index is 15.2. The van der Waals surface area contributed by atoms with Crippen LogP contribution in [0.2, 0.25) is 5.02 Å². The van der Waals surface area contributed by atoms with E-state index < -0.39 is 63.7 Å². The predicted octanol–water partition coefficient (Wildman–Crippen LogP) is 27.3. The van der Waals surface area contributed by atoms with E-state index in [0.29, 0.717) is 182 Å². The highest BCUT2D eigenvalue weighted by atomic mass is 35.5. The van der Waals surface area contributed by atoms with Crippen molar-refractivity contribution in [2.45, 2.75) is 333 Å². The molecule has 14 heterocycles. The summed E-state index contributed by atoms with van der Waals surface area (Å²) in [5, 5.41) is 0.657. The van der Waals surface area contributed by atoms with Gasteiger partial charge >= 0.3 is 12.4 Å². The first-order valence-electron chi connectivity index (χ1n) is 51.6. The lowest BCUT2D eigenvalue weighted by atomic mass is 9.77. The molecule has 0 bridgehead atoms. The van der Waals surface area contributed by atoms with Crippen LogP contribution in [0.25, 0.3) is 67.5 Å². The number of aromatic nitrogens is 14. The number of imidazole rings is 6. The summed E-state index contributed by atoms with van der Waals surface area (Å²) in [6, 6.07) is 35.1. The van der Waals surface area contributed by atoms with Crippen LogP contribution >= 0.6 is 11.6 Å². The number of hydrogen-bond donors (Lipinski definition) is 3. The number of amides is 3. The van der Waals surface area contributed by atoms with Crippen molar-refractivity contribution in [1.82, 2.24) is 67.3 Å². The first kappa shape index (κ1) is 103. The molecule has 0 saturated heterocycles. The topological polar surface area (TPSA) is 262 Å². The second-order valence-corrected chi connectivity index (χ2v) is 43.0. The third-order valence-electron chi connectivity index (χ3n) is 33.5. The molecule has 6 N–H and O–H groups in total. The number of rotatable bonds is 21. The molecule has 20 nitrogen and oxygen atoms in total. The van der Waals surface area contributed by atoms with E-state index in [1.165, 1.54) is 45.5 Å². The van der Waals surface area contributed by atoms with E-state index in [1.54, 1.807) is 37.6 Å². The van der Waals surface area contributed by atoms with Crippen LogP contribution in [0, 0.1) is 17.8 Å². The fraction of sp³-hybridized carbons (Fsp3) is 0.505. The van der Waals surface area contributed by atoms with Crippen molar-refractivity contribution in [1.29, 1.82) is 0 Å². The minimum Gasteiger partial charge on any atom is -0.369 e. The number of primary amides is 3. The number of benzene rings is 4. The van der Waals surface area contributed by atoms with Gasteiger partial charge in [0, 0.05) is 74.6 Å². The van der Waals surface area contributed by atoms with Gasteiger partial charge < -0.3 is 44.6 Å². The Morgan fingerprint density at radius 3 is 0.877 bits per heavy atom. The molecule has 4 aromatic carbocycles. The standard InChI is InChI=1S/3C19H22FN3O.C18H18ClF3N2.2C18H19F4N3/c3*20-19(8-5-13(6-9-19)18(21)24)10-7-16-14-3-1-2-4-15(14)17-11-22-12-23(16)17;19-13-3-1-2-12-15-10-23-11-24(15)14(16(12)13)4-5-17(20)6-8-18(21,22)9-7-17;2*19-17(7-2-1-3-8-17)9-6-13-16-12(14-10-23-11-25(13)14)4-5-15(24-16)18(20,21)22/h3*1-4,11-13,16H,5-10H2,(H2,21,24);1-3,10-11,14H,4-9H2;2*4-5,10-11,13H,1-3,6-9H2. The van der Waals surface area contributed by atoms with Crippen molar-refractivity contribution in [2.75, 3.05) is 0 Å². The number of hydrogen-bond acceptors (Lipinski definition) is 11. The number of carbonyl (C=O) groups is 3. The highest BCUT2D eigenvalue weighted by Crippen LogP contribution is 2.55. The van der Waals surface area contributed by atoms with Crippen LogP contribution in [0.3, 0.4) is 0 Å². The molecule has 24 rings (SSSR count). The summed E-state index contributed by atoms with van der Waals surface area (Å²) < 4.78 is 207. The lowest BCUT2D eigenvalue weighted by Crippen LogP contribution is -2.35. The Hall–Kier alpha value is -11.8. The zero-order chi connectivity index (χ0) is 102. The van der Waals surface area contributed by atoms with Crippen LogP contribution in [-0.4, -0.2) is 125 Å². The minimum atomic E-state index is -4.49. The molecule has 0 radical (unpaired) electrons. The second kappa shape index (κ2) is 41.7. The maximum Gasteiger partial charge on any atom is 0.433 e. The maximum absolute atomic E-state index is 15.2. The Morgan fingerprint density at radius 1 is 0.301 bits per heavy atom. The van der Waals surface area contributed by atoms with E-state index in [4.69, 9.17) is 28.8 Å². The molecule has 8 aromatic heterocycles. The largest absolute Gasteiger partial charge is 0.433 e. The van der Waals surface area contributed by atoms with Crippen LogP contribution in [0.15, 0.2) is 190 Å². The van der Waals surface area contributed by atoms with Crippen LogP contribution in [0.5, 0.6) is 0 Å². The van der Waals surface area contributed by atoms with Crippen molar-refractivity contribution in [3.63, 3.8) is 0 Å². The number of pyridine rings is 2. The Kier molecular flexibility index (Phi) is 29.3. The molecule has 12 aromatic rings. The molecular weight excluding hydrogens is 1920 g/mol. The van der Waals surface area contributed by atoms with Gasteiger partial charge in [-0.1, -0.05) is 135 Å². The van der Waals surface area contributed by atoms with Crippen molar-refractivity contribution in [2.24, 2.45) is 35.0 Å². The fourth-order valence-corrected chi connectivity index (χ4v) is 25.4. The van der Waals surface area contributed by atoms with Gasteiger partial charge in [0.1, 0.15) is 45.4 Å². The predicted molar refractivity (Wildman–Crippen MR) is 527 cm³/mol. The summed E-state index contributed by atoms with van der Waals surface area (Å²) in [5.41, 5.74) is 24.1. The number of alkyl halides is 14. The summed E-state index contributed by atoms with van der Waals surface area (Å²) in [6.07, 6.45) is 31.2. The zero-order valence-electron chi connectivity index (χ0n) is 81.4. The smallest absolute Gasteiger partial charge is 0.369 e. The highest BCUT2D eigenvalue weighted by Gasteiger charge is 2.49. The quantitative estimate of drug-likeness (QED) is 0.0570. The number of nitrogens with zero attached hydrogens (tertiary/aromatic N) is 14. The normalized spacial score (nSPS) is 25.4. The van der Waals surface area contributed by atoms with Gasteiger partial charge in [0.15, 0.2) is 0 Å². The molecule has 6 unspecified atom stereocenters. The first-order valence-corrected chi connectivity index (χ1v) is 52.0. The Balaban J connectivity index is 0.000000111. The summed E-state index contributed by atoms with van der Waals surface area (Å²) in [7, 11) is 0. The molecule has 12 aliphatic rings. The van der Waals surface area contributed by atoms with E-state index in [1.807, 2.05) is 106 Å². The molecule has 6 atom stereocenters. The molecule has 146 heavy (non-hydrogen) atoms. The van der Waals surface area contributed by atoms with Crippen molar-refractivity contribution >= 4 is 29.3 Å². The number of carbonyl (C=O) groups excluding carboxylic acids is 3. The van der Waals surface area contributed by atoms with Gasteiger partial charge in [-0.2, -0.15) is 26.3 Å². The molecule has 774 valence electrons. The van der Waals surface area contributed by atoms with E-state index in [2.05, 4.69) is 90.0 Å². The second-order valence-electron chi connectivity index (χ2n) is 42.6. The lowest BCUT2D eigenvalue weighted by molar-refractivity contribution is -0.142. The molecule has 3 amide bonds. The molecule has 6 aliphatic carbocycles. The van der Waals surface area contributed by atoms with Crippen LogP contribution in [-0.2, 0) is 26.7 Å². The van der Waals surface area contributed by atoms with Crippen LogP contribution < -0.4 is 17.2 Å². The van der Waals surface area contributed by atoms with Gasteiger partial charge in [-0.15, -0.1) is 0 Å². The van der Waals surface area contributed by atoms with E-state index >= 15 is 13.2 Å². The number of fused-ring (bicyclic) bond motifs is 18. The molecule has 6 aliphatic heterocycles. The fourth-order valence-electron chi connectivity index (χ4n) is 25.1. The molecule has 0 spiro atoms. The van der Waals surface area contributed by atoms with Gasteiger partial charge in [-0.05, 0) is 240 Å². The van der Waals surface area contributed by atoms with Gasteiger partial charge in [-0.25, -0.2) is 75.0 Å². The van der Waals surface area contributed by atoms with E-state index in [9.17, 15) is 62.7 Å². The van der Waals surface area contributed by atoms with Crippen molar-refractivity contribution in [3.8, 4) is 67.5 Å². The molecule has 6 fully saturated rings. The number of nitrogens with two attached hydrogens (primary N) is 3. The Labute approximate surface area is 843 Å². The monoisotopic (exact) mass is 2040 g/mol. The van der Waals surface area contributed by atoms with E-state index in [-0.39, 0.29) is 104 Å². The van der Waals surface area contributed by atoms with Gasteiger partial charge in [0.25, 0.3) is 0 Å². The van der Waals surface area contributed by atoms with Crippen LogP contribution in [0.4, 0.5) is 61.5 Å². The third kappa shape index (κ3) is 21.8. The summed E-state index contributed by atoms with van der Waals surface area (Å²) >= 11 is 6.38. The zero-order valence-corrected chi connectivity index (χ0v) is 82.1. The average molecular weight is 2040 g/mol. The van der Waals surface area contributed by atoms with Gasteiger partial charge in [0.2, 0.25) is 23.6 Å². The van der Waals surface area contributed by atoms with Gasteiger partial charge in [0.05, 0.1) is 157 Å². The Morgan fingerprint density at radius 2 is 0.562 bits per heavy atom. The first-order chi connectivity index (χ1) is 69.9. The minimum absolute atomic E-state index is 0.0706. The van der Waals surface area contributed by atoms with Crippen molar-refractivity contribution < 1.29 is 75.8 Å². The molecular formula is C111H122ClF14N17O3. The highest BCUT2D eigenvalue weighted by molar-refractivity contribution is 6.32. The SMILES string of the molecule is FC1(CCC2c3nc(C(F)(F)F)ccc3-c3cncn32)CCCCC1.FC1(CCC2c3nc(C(F)(F)F)ccc3-c3cncn32)CCCCC1.FC1(F)CCC(F)(CCC2c3c(Cl)cccc3-c3cncn32)CC1.NC(=O)C1CCC(F)(CCC2c3ccccc3-c3cncn32)CC1.NC(=O)C1CCC(F)(CCC2c3ccccc3-c3cncn32)CC1.NC(=O)C1CCC(F)(CCC2c3ccccc3-c3cncn32)CC1. The molecule has 35 heteroatoms.